The predicted octanol–water partition coefficient (Wildman–Crippen LogP) is 1.87. The van der Waals surface area contributed by atoms with E-state index in [1.165, 1.54) is 0 Å². The summed E-state index contributed by atoms with van der Waals surface area (Å²) in [6, 6.07) is 16.6. The fraction of sp³-hybridized carbons (Fsp3) is 0.381. The highest BCUT2D eigenvalue weighted by molar-refractivity contribution is 5.66. The molecule has 0 radical (unpaired) electrons. The molecule has 32 heavy (non-hydrogen) atoms. The molecular weight excluding hydrogens is 420 g/mol. The van der Waals surface area contributed by atoms with Gasteiger partial charge in [0.25, 0.3) is 0 Å². The molecule has 1 aliphatic rings. The quantitative estimate of drug-likeness (QED) is 0.243. The molecule has 1 saturated heterocycles. The Morgan fingerprint density at radius 3 is 2.28 bits per heavy atom. The molecule has 1 aliphatic heterocycles. The van der Waals surface area contributed by atoms with Crippen molar-refractivity contribution in [1.82, 2.24) is 5.06 Å². The first-order valence-electron chi connectivity index (χ1n) is 9.89. The number of amides is 1. The summed E-state index contributed by atoms with van der Waals surface area (Å²) in [5.41, 5.74) is 10.3. The van der Waals surface area contributed by atoms with Gasteiger partial charge in [-0.25, -0.2) is 9.63 Å². The molecule has 3 N–H and O–H groups in total. The number of carbonyl (C=O) groups is 1. The summed E-state index contributed by atoms with van der Waals surface area (Å²) < 4.78 is 10.8. The molecule has 5 atom stereocenters. The van der Waals surface area contributed by atoms with Gasteiger partial charge in [-0.3, -0.25) is 0 Å². The number of hydrogen-bond acceptors (Lipinski definition) is 8. The van der Waals surface area contributed by atoms with Crippen LogP contribution in [0.1, 0.15) is 11.1 Å². The molecule has 2 aromatic carbocycles. The molecule has 1 heterocycles. The van der Waals surface area contributed by atoms with Crippen molar-refractivity contribution in [2.24, 2.45) is 5.11 Å². The van der Waals surface area contributed by atoms with Gasteiger partial charge in [0.1, 0.15) is 24.9 Å². The fourth-order valence-electron chi connectivity index (χ4n) is 3.15. The van der Waals surface area contributed by atoms with Crippen LogP contribution in [0.5, 0.6) is 0 Å². The van der Waals surface area contributed by atoms with E-state index in [0.29, 0.717) is 5.56 Å². The summed E-state index contributed by atoms with van der Waals surface area (Å²) in [4.78, 5) is 21.1. The maximum atomic E-state index is 12.8. The van der Waals surface area contributed by atoms with Crippen LogP contribution in [0.15, 0.2) is 65.8 Å². The van der Waals surface area contributed by atoms with E-state index < -0.39 is 43.3 Å². The largest absolute Gasteiger partial charge is 0.443 e. The van der Waals surface area contributed by atoms with Crippen LogP contribution >= 0.6 is 0 Å². The number of hydroxylamine groups is 2. The van der Waals surface area contributed by atoms with Gasteiger partial charge in [-0.15, -0.1) is 0 Å². The van der Waals surface area contributed by atoms with Gasteiger partial charge in [0.05, 0.1) is 19.3 Å². The summed E-state index contributed by atoms with van der Waals surface area (Å²) >= 11 is 0. The summed E-state index contributed by atoms with van der Waals surface area (Å²) in [7, 11) is 0. The minimum atomic E-state index is -1.58. The summed E-state index contributed by atoms with van der Waals surface area (Å²) in [6.45, 7) is -0.682. The Balaban J connectivity index is 1.79. The second-order valence-electron chi connectivity index (χ2n) is 7.07. The van der Waals surface area contributed by atoms with Crippen molar-refractivity contribution < 1.29 is 34.4 Å². The molecule has 11 nitrogen and oxygen atoms in total. The maximum absolute atomic E-state index is 12.8. The molecule has 1 amide bonds. The van der Waals surface area contributed by atoms with Gasteiger partial charge in [0.15, 0.2) is 6.29 Å². The number of aliphatic hydroxyl groups excluding tert-OH is 3. The minimum absolute atomic E-state index is 0.0137. The number of hydrogen-bond donors (Lipinski definition) is 3. The van der Waals surface area contributed by atoms with Gasteiger partial charge in [-0.1, -0.05) is 65.8 Å². The Kier molecular flexibility index (Phi) is 8.40. The highest BCUT2D eigenvalue weighted by Gasteiger charge is 2.46. The molecule has 0 aromatic heterocycles. The Morgan fingerprint density at radius 2 is 1.69 bits per heavy atom. The molecule has 0 saturated carbocycles. The van der Waals surface area contributed by atoms with E-state index in [1.807, 2.05) is 24.3 Å². The van der Waals surface area contributed by atoms with E-state index in [-0.39, 0.29) is 13.2 Å². The second-order valence-corrected chi connectivity index (χ2v) is 7.07. The van der Waals surface area contributed by atoms with Gasteiger partial charge in [-0.2, -0.15) is 5.06 Å². The van der Waals surface area contributed by atoms with E-state index in [1.54, 1.807) is 36.4 Å². The number of benzene rings is 2. The normalized spacial score (nSPS) is 24.9. The maximum Gasteiger partial charge on any atom is 0.434 e. The van der Waals surface area contributed by atoms with Crippen LogP contribution in [0, 0.1) is 0 Å². The van der Waals surface area contributed by atoms with Gasteiger partial charge < -0.3 is 24.8 Å². The zero-order chi connectivity index (χ0) is 22.9. The van der Waals surface area contributed by atoms with Crippen molar-refractivity contribution in [1.29, 1.82) is 0 Å². The molecule has 170 valence electrons. The minimum Gasteiger partial charge on any atom is -0.443 e. The van der Waals surface area contributed by atoms with Crippen molar-refractivity contribution in [2.75, 3.05) is 6.61 Å². The van der Waals surface area contributed by atoms with Crippen LogP contribution in [-0.4, -0.2) is 63.7 Å². The Morgan fingerprint density at radius 1 is 1.06 bits per heavy atom. The van der Waals surface area contributed by atoms with Gasteiger partial charge in [0.2, 0.25) is 0 Å². The SMILES string of the molecule is [N-]=[N+]=NC1C(O)[C@@H](O)C(CO)O[C@H]1ON(Cc1ccccc1)C(=O)OCc1ccccc1. The third-order valence-corrected chi connectivity index (χ3v) is 4.84. The van der Waals surface area contributed by atoms with Crippen molar-refractivity contribution in [3.63, 3.8) is 0 Å². The van der Waals surface area contributed by atoms with Crippen molar-refractivity contribution >= 4 is 6.09 Å². The molecule has 3 rings (SSSR count). The first-order valence-corrected chi connectivity index (χ1v) is 9.89. The second kappa shape index (κ2) is 11.4. The topological polar surface area (TPSA) is 157 Å². The molecular formula is C21H24N4O7. The lowest BCUT2D eigenvalue weighted by Crippen LogP contribution is -2.59. The van der Waals surface area contributed by atoms with E-state index in [4.69, 9.17) is 19.8 Å². The first-order chi connectivity index (χ1) is 15.5. The molecule has 0 bridgehead atoms. The Hall–Kier alpha value is -3.18. The van der Waals surface area contributed by atoms with Crippen molar-refractivity contribution in [3.8, 4) is 0 Å². The highest BCUT2D eigenvalue weighted by atomic mass is 16.8. The lowest BCUT2D eigenvalue weighted by molar-refractivity contribution is -0.328. The van der Waals surface area contributed by atoms with Gasteiger partial charge in [0, 0.05) is 4.91 Å². The van der Waals surface area contributed by atoms with E-state index in [9.17, 15) is 20.1 Å². The molecule has 3 unspecified atom stereocenters. The number of rotatable bonds is 8. The summed E-state index contributed by atoms with van der Waals surface area (Å²) in [5.74, 6) is 0. The average molecular weight is 444 g/mol. The predicted molar refractivity (Wildman–Crippen MR) is 110 cm³/mol. The zero-order valence-electron chi connectivity index (χ0n) is 17.0. The summed E-state index contributed by atoms with van der Waals surface area (Å²) in [6.07, 6.45) is -6.61. The van der Waals surface area contributed by atoms with Crippen LogP contribution in [0.4, 0.5) is 4.79 Å². The average Bonchev–Trinajstić information content (AvgIpc) is 2.83. The zero-order valence-corrected chi connectivity index (χ0v) is 17.0. The smallest absolute Gasteiger partial charge is 0.434 e. The van der Waals surface area contributed by atoms with E-state index >= 15 is 0 Å². The van der Waals surface area contributed by atoms with Gasteiger partial charge >= 0.3 is 6.09 Å². The number of carbonyl (C=O) groups excluding carboxylic acids is 1. The number of aliphatic hydroxyl groups is 3. The number of azide groups is 1. The molecule has 0 spiro atoms. The van der Waals surface area contributed by atoms with Crippen LogP contribution < -0.4 is 0 Å². The molecule has 2 aromatic rings. The molecule has 11 heteroatoms. The summed E-state index contributed by atoms with van der Waals surface area (Å²) in [5, 5.41) is 34.1. The number of ether oxygens (including phenoxy) is 2. The van der Waals surface area contributed by atoms with Crippen LogP contribution in [0.25, 0.3) is 10.4 Å². The molecule has 1 fully saturated rings. The third-order valence-electron chi connectivity index (χ3n) is 4.84. The van der Waals surface area contributed by atoms with Gasteiger partial charge in [-0.05, 0) is 16.7 Å². The van der Waals surface area contributed by atoms with Crippen LogP contribution in [-0.2, 0) is 27.5 Å². The van der Waals surface area contributed by atoms with Crippen LogP contribution in [0.3, 0.4) is 0 Å². The third kappa shape index (κ3) is 5.95. The fourth-order valence-corrected chi connectivity index (χ4v) is 3.15. The Labute approximate surface area is 183 Å². The van der Waals surface area contributed by atoms with Crippen molar-refractivity contribution in [3.05, 3.63) is 82.2 Å². The highest BCUT2D eigenvalue weighted by Crippen LogP contribution is 2.26. The standard InChI is InChI=1S/C21H24N4O7/c22-24-23-17-19(28)18(27)16(12-26)31-20(17)32-25(11-14-7-3-1-4-8-14)21(29)30-13-15-9-5-2-6-10-15/h1-10,16-20,26-28H,11-13H2/t16?,17?,18-,19?,20-/m0/s1. The Bertz CT molecular complexity index is 911. The number of nitrogens with zero attached hydrogens (tertiary/aromatic N) is 4. The lowest BCUT2D eigenvalue weighted by Gasteiger charge is -2.41. The first kappa shape index (κ1) is 23.5. The molecule has 0 aliphatic carbocycles. The van der Waals surface area contributed by atoms with E-state index in [0.717, 1.165) is 10.6 Å². The van der Waals surface area contributed by atoms with E-state index in [2.05, 4.69) is 10.0 Å². The monoisotopic (exact) mass is 444 g/mol. The lowest BCUT2D eigenvalue weighted by atomic mass is 9.98. The van der Waals surface area contributed by atoms with Crippen molar-refractivity contribution in [2.45, 2.75) is 43.8 Å². The van der Waals surface area contributed by atoms with Crippen LogP contribution in [0.2, 0.25) is 0 Å².